The summed E-state index contributed by atoms with van der Waals surface area (Å²) in [7, 11) is 0. The normalized spacial score (nSPS) is 15.8. The van der Waals surface area contributed by atoms with E-state index in [9.17, 15) is 10.1 Å². The largest absolute Gasteiger partial charge is 0.492 e. The molecule has 0 aliphatic carbocycles. The molecule has 0 unspecified atom stereocenters. The fourth-order valence-electron chi connectivity index (χ4n) is 2.75. The molecule has 0 saturated heterocycles. The number of benzene rings is 1. The Morgan fingerprint density at radius 1 is 1.17 bits per heavy atom. The van der Waals surface area contributed by atoms with Crippen LogP contribution in [-0.4, -0.2) is 23.9 Å². The second-order valence-corrected chi connectivity index (χ2v) is 4.82. The fraction of sp³-hybridized carbons (Fsp3) is 0.500. The molecule has 0 atom stereocenters. The molecule has 2 aliphatic rings. The number of ether oxygens (including phenoxy) is 2. The molecule has 1 aromatic rings. The topological polar surface area (TPSA) is 61.6 Å². The monoisotopic (exact) mass is 267 g/mol. The van der Waals surface area contributed by atoms with E-state index < -0.39 is 0 Å². The number of nitro benzene ring substituents is 1. The summed E-state index contributed by atoms with van der Waals surface area (Å²) >= 11 is 4.25. The Balaban J connectivity index is 2.28. The maximum atomic E-state index is 11.2. The van der Waals surface area contributed by atoms with Crippen molar-refractivity contribution < 1.29 is 14.4 Å². The molecule has 2 aliphatic heterocycles. The molecule has 0 saturated carbocycles. The van der Waals surface area contributed by atoms with Crippen LogP contribution in [0.25, 0.3) is 0 Å². The summed E-state index contributed by atoms with van der Waals surface area (Å²) in [5.74, 6) is 1.86. The van der Waals surface area contributed by atoms with E-state index in [1.807, 2.05) is 0 Å². The van der Waals surface area contributed by atoms with Gasteiger partial charge in [0.2, 0.25) is 5.75 Å². The average molecular weight is 267 g/mol. The van der Waals surface area contributed by atoms with Gasteiger partial charge in [-0.2, -0.15) is 12.6 Å². The summed E-state index contributed by atoms with van der Waals surface area (Å²) in [5.41, 5.74) is 2.79. The average Bonchev–Trinajstić information content (AvgIpc) is 2.96. The fourth-order valence-corrected chi connectivity index (χ4v) is 2.97. The molecule has 0 N–H and O–H groups in total. The first kappa shape index (κ1) is 11.6. The van der Waals surface area contributed by atoms with Gasteiger partial charge in [0.15, 0.2) is 0 Å². The van der Waals surface area contributed by atoms with Crippen LogP contribution in [0.3, 0.4) is 0 Å². The van der Waals surface area contributed by atoms with Gasteiger partial charge < -0.3 is 9.47 Å². The highest BCUT2D eigenvalue weighted by atomic mass is 32.1. The van der Waals surface area contributed by atoms with Gasteiger partial charge in [0.25, 0.3) is 0 Å². The van der Waals surface area contributed by atoms with E-state index >= 15 is 0 Å². The molecule has 0 amide bonds. The zero-order chi connectivity index (χ0) is 12.7. The van der Waals surface area contributed by atoms with Crippen LogP contribution in [0.2, 0.25) is 0 Å². The number of nitrogens with zero attached hydrogens (tertiary/aromatic N) is 1. The van der Waals surface area contributed by atoms with Gasteiger partial charge in [-0.25, -0.2) is 0 Å². The van der Waals surface area contributed by atoms with Crippen LogP contribution in [0.5, 0.6) is 11.5 Å². The van der Waals surface area contributed by atoms with Crippen molar-refractivity contribution in [2.45, 2.75) is 19.3 Å². The van der Waals surface area contributed by atoms with Crippen LogP contribution in [0.4, 0.5) is 5.69 Å². The van der Waals surface area contributed by atoms with Gasteiger partial charge in [-0.05, 0) is 12.2 Å². The highest BCUT2D eigenvalue weighted by Crippen LogP contribution is 2.48. The van der Waals surface area contributed by atoms with E-state index in [1.165, 1.54) is 0 Å². The Bertz CT molecular complexity index is 494. The number of thiol groups is 1. The second-order valence-electron chi connectivity index (χ2n) is 4.37. The summed E-state index contributed by atoms with van der Waals surface area (Å²) in [6.45, 7) is 1.03. The lowest BCUT2D eigenvalue weighted by Crippen LogP contribution is -2.01. The van der Waals surface area contributed by atoms with Gasteiger partial charge in [0, 0.05) is 24.0 Å². The minimum Gasteiger partial charge on any atom is -0.492 e. The van der Waals surface area contributed by atoms with E-state index in [0.717, 1.165) is 24.0 Å². The van der Waals surface area contributed by atoms with E-state index in [-0.39, 0.29) is 10.6 Å². The summed E-state index contributed by atoms with van der Waals surface area (Å²) in [4.78, 5) is 10.9. The van der Waals surface area contributed by atoms with Crippen LogP contribution in [0.1, 0.15) is 16.7 Å². The number of hydrogen-bond donors (Lipinski definition) is 1. The number of rotatable bonds is 3. The molecule has 0 spiro atoms. The Morgan fingerprint density at radius 2 is 1.83 bits per heavy atom. The molecule has 3 rings (SSSR count). The molecule has 6 heteroatoms. The van der Waals surface area contributed by atoms with Crippen LogP contribution >= 0.6 is 12.6 Å². The van der Waals surface area contributed by atoms with Gasteiger partial charge >= 0.3 is 5.69 Å². The molecule has 18 heavy (non-hydrogen) atoms. The zero-order valence-electron chi connectivity index (χ0n) is 9.77. The third-order valence-electron chi connectivity index (χ3n) is 3.43. The van der Waals surface area contributed by atoms with E-state index in [0.29, 0.717) is 42.4 Å². The van der Waals surface area contributed by atoms with Crippen molar-refractivity contribution >= 4 is 18.3 Å². The van der Waals surface area contributed by atoms with Crippen LogP contribution < -0.4 is 9.47 Å². The van der Waals surface area contributed by atoms with Gasteiger partial charge in [-0.1, -0.05) is 0 Å². The Labute approximate surface area is 110 Å². The van der Waals surface area contributed by atoms with Crippen molar-refractivity contribution in [2.75, 3.05) is 19.0 Å². The quantitative estimate of drug-likeness (QED) is 0.516. The number of hydrogen-bond acceptors (Lipinski definition) is 5. The van der Waals surface area contributed by atoms with Crippen LogP contribution in [-0.2, 0) is 19.3 Å². The lowest BCUT2D eigenvalue weighted by atomic mass is 9.96. The van der Waals surface area contributed by atoms with E-state index in [4.69, 9.17) is 9.47 Å². The van der Waals surface area contributed by atoms with Crippen LogP contribution in [0, 0.1) is 10.1 Å². The number of fused-ring (bicyclic) bond motifs is 2. The molecule has 5 nitrogen and oxygen atoms in total. The van der Waals surface area contributed by atoms with Crippen molar-refractivity contribution in [3.05, 3.63) is 26.8 Å². The molecule has 0 fully saturated rings. The first-order chi connectivity index (χ1) is 8.74. The maximum absolute atomic E-state index is 11.2. The van der Waals surface area contributed by atoms with Crippen molar-refractivity contribution in [2.24, 2.45) is 0 Å². The molecular formula is C12H13NO4S. The van der Waals surface area contributed by atoms with Gasteiger partial charge in [0.05, 0.1) is 23.7 Å². The smallest absolute Gasteiger partial charge is 0.318 e. The van der Waals surface area contributed by atoms with E-state index in [1.54, 1.807) is 0 Å². The van der Waals surface area contributed by atoms with Gasteiger partial charge in [0.1, 0.15) is 5.75 Å². The Hall–Kier alpha value is -1.43. The molecular weight excluding hydrogens is 254 g/mol. The zero-order valence-corrected chi connectivity index (χ0v) is 10.7. The minimum absolute atomic E-state index is 0.109. The standard InChI is InChI=1S/C12H13NO4S/c14-13(15)10-9-2-5-16-11(9)8(3-6-18)7-1-4-17-12(7)10/h18H,1-6H2. The predicted molar refractivity (Wildman–Crippen MR) is 69.1 cm³/mol. The SMILES string of the molecule is O=[N+]([O-])c1c2c(c(CCS)c3c1OCC3)OCC2. The highest BCUT2D eigenvalue weighted by molar-refractivity contribution is 7.80. The summed E-state index contributed by atoms with van der Waals surface area (Å²) < 4.78 is 11.1. The molecule has 0 bridgehead atoms. The Morgan fingerprint density at radius 3 is 2.50 bits per heavy atom. The van der Waals surface area contributed by atoms with Crippen molar-refractivity contribution in [3.8, 4) is 11.5 Å². The second kappa shape index (κ2) is 4.35. The first-order valence-corrected chi connectivity index (χ1v) is 6.58. The lowest BCUT2D eigenvalue weighted by molar-refractivity contribution is -0.386. The van der Waals surface area contributed by atoms with Crippen molar-refractivity contribution in [3.63, 3.8) is 0 Å². The van der Waals surface area contributed by atoms with E-state index in [2.05, 4.69) is 12.6 Å². The number of nitro groups is 1. The minimum atomic E-state index is -0.345. The Kier molecular flexibility index (Phi) is 2.81. The first-order valence-electron chi connectivity index (χ1n) is 5.95. The van der Waals surface area contributed by atoms with Gasteiger partial charge in [-0.3, -0.25) is 10.1 Å². The molecule has 0 aromatic heterocycles. The maximum Gasteiger partial charge on any atom is 0.318 e. The van der Waals surface area contributed by atoms with Crippen molar-refractivity contribution in [1.82, 2.24) is 0 Å². The third kappa shape index (κ3) is 1.55. The lowest BCUT2D eigenvalue weighted by Gasteiger charge is -2.12. The summed E-state index contributed by atoms with van der Waals surface area (Å²) in [5, 5.41) is 11.2. The van der Waals surface area contributed by atoms with Crippen LogP contribution in [0.15, 0.2) is 0 Å². The summed E-state index contributed by atoms with van der Waals surface area (Å²) in [6, 6.07) is 0. The predicted octanol–water partition coefficient (Wildman–Crippen LogP) is 1.94. The molecule has 0 radical (unpaired) electrons. The highest BCUT2D eigenvalue weighted by Gasteiger charge is 2.36. The molecule has 2 heterocycles. The third-order valence-corrected chi connectivity index (χ3v) is 3.65. The summed E-state index contributed by atoms with van der Waals surface area (Å²) in [6.07, 6.45) is 2.06. The van der Waals surface area contributed by atoms with Crippen molar-refractivity contribution in [1.29, 1.82) is 0 Å². The van der Waals surface area contributed by atoms with Gasteiger partial charge in [-0.15, -0.1) is 0 Å². The molecule has 96 valence electrons. The molecule has 1 aromatic carbocycles.